The monoisotopic (exact) mass is 748 g/mol. The molecule has 1 aliphatic heterocycles. The molecule has 0 spiro atoms. The van der Waals surface area contributed by atoms with Gasteiger partial charge in [0.05, 0.1) is 27.9 Å². The van der Waals surface area contributed by atoms with E-state index >= 15 is 0 Å². The first-order chi connectivity index (χ1) is 29.1. The van der Waals surface area contributed by atoms with Crippen molar-refractivity contribution in [2.75, 3.05) is 4.90 Å². The first-order valence-corrected chi connectivity index (χ1v) is 20.8. The van der Waals surface area contributed by atoms with Crippen LogP contribution in [-0.4, -0.2) is 4.40 Å². The Kier molecular flexibility index (Phi) is 5.98. The van der Waals surface area contributed by atoms with Crippen LogP contribution in [0.25, 0.3) is 82.6 Å². The van der Waals surface area contributed by atoms with Crippen LogP contribution in [0.1, 0.15) is 34.7 Å². The zero-order valence-corrected chi connectivity index (χ0v) is 32.5. The number of nitrogens with zero attached hydrogens (tertiary/aromatic N) is 2. The van der Waals surface area contributed by atoms with Gasteiger partial charge < -0.3 is 9.30 Å². The van der Waals surface area contributed by atoms with Gasteiger partial charge in [0.25, 0.3) is 0 Å². The summed E-state index contributed by atoms with van der Waals surface area (Å²) in [7, 11) is 0. The van der Waals surface area contributed by atoms with Crippen LogP contribution in [0.2, 0.25) is 0 Å². The summed E-state index contributed by atoms with van der Waals surface area (Å²) < 4.78 is 2.52. The predicted molar refractivity (Wildman–Crippen MR) is 246 cm³/mol. The normalized spacial score (nSPS) is 15.8. The Morgan fingerprint density at radius 1 is 0.407 bits per heavy atom. The molecule has 0 saturated carbocycles. The van der Waals surface area contributed by atoms with Crippen LogP contribution >= 0.6 is 0 Å². The summed E-state index contributed by atoms with van der Waals surface area (Å²) in [4.78, 5) is 2.54. The second-order valence-electron chi connectivity index (χ2n) is 16.9. The van der Waals surface area contributed by atoms with Crippen molar-refractivity contribution in [3.05, 3.63) is 216 Å². The van der Waals surface area contributed by atoms with E-state index < -0.39 is 0 Å². The van der Waals surface area contributed by atoms with E-state index in [0.717, 1.165) is 6.42 Å². The lowest BCUT2D eigenvalue weighted by Gasteiger charge is -2.43. The molecule has 2 heteroatoms. The summed E-state index contributed by atoms with van der Waals surface area (Å²) in [5.41, 5.74) is 24.7. The molecule has 0 N–H and O–H groups in total. The number of rotatable bonds is 3. The average Bonchev–Trinajstić information content (AvgIpc) is 4.01. The number of para-hydroxylation sites is 3. The molecule has 274 valence electrons. The highest BCUT2D eigenvalue weighted by Gasteiger charge is 2.48. The highest BCUT2D eigenvalue weighted by atomic mass is 15.2. The molecule has 1 atom stereocenters. The average molecular weight is 749 g/mol. The first-order valence-electron chi connectivity index (χ1n) is 20.8. The molecule has 11 aromatic rings. The second-order valence-corrected chi connectivity index (χ2v) is 16.9. The summed E-state index contributed by atoms with van der Waals surface area (Å²) in [5.74, 6) is 0. The number of benzene rings is 9. The van der Waals surface area contributed by atoms with Gasteiger partial charge in [-0.2, -0.15) is 0 Å². The van der Waals surface area contributed by atoms with Gasteiger partial charge in [0, 0.05) is 38.2 Å². The van der Waals surface area contributed by atoms with Gasteiger partial charge in [0.2, 0.25) is 0 Å². The Hall–Kier alpha value is -7.42. The summed E-state index contributed by atoms with van der Waals surface area (Å²) in [6.45, 7) is 2.47. The Balaban J connectivity index is 0.961. The molecule has 2 aliphatic carbocycles. The quantitative estimate of drug-likeness (QED) is 0.175. The maximum atomic E-state index is 2.56. The van der Waals surface area contributed by atoms with E-state index in [1.54, 1.807) is 0 Å². The van der Waals surface area contributed by atoms with Gasteiger partial charge in [0.1, 0.15) is 0 Å². The van der Waals surface area contributed by atoms with Crippen LogP contribution in [0, 0.1) is 0 Å². The summed E-state index contributed by atoms with van der Waals surface area (Å²) in [6.07, 6.45) is 0.902. The fourth-order valence-corrected chi connectivity index (χ4v) is 11.6. The van der Waals surface area contributed by atoms with Crippen molar-refractivity contribution in [1.29, 1.82) is 0 Å². The van der Waals surface area contributed by atoms with Crippen molar-refractivity contribution in [2.45, 2.75) is 18.8 Å². The van der Waals surface area contributed by atoms with Crippen LogP contribution in [0.4, 0.5) is 17.1 Å². The largest absolute Gasteiger partial charge is 0.310 e. The fourth-order valence-electron chi connectivity index (χ4n) is 11.6. The molecule has 0 fully saturated rings. The SMILES string of the molecule is CC12c3ccccc3-c3cccc(c31)N(c1ccc(-c3ccccc3)cc1)c1cc3c(cc12)-c1ccc(-c2cccc4c5cccc6c7ccccc7n(c24)c65)cc1C3. The van der Waals surface area contributed by atoms with Crippen LogP contribution in [0.5, 0.6) is 0 Å². The van der Waals surface area contributed by atoms with Crippen LogP contribution in [-0.2, 0) is 11.8 Å². The van der Waals surface area contributed by atoms with E-state index in [4.69, 9.17) is 0 Å². The van der Waals surface area contributed by atoms with Crippen LogP contribution in [0.3, 0.4) is 0 Å². The predicted octanol–water partition coefficient (Wildman–Crippen LogP) is 14.9. The van der Waals surface area contributed by atoms with Crippen molar-refractivity contribution in [1.82, 2.24) is 4.40 Å². The number of aromatic nitrogens is 1. The zero-order valence-electron chi connectivity index (χ0n) is 32.5. The smallest absolute Gasteiger partial charge is 0.0620 e. The molecule has 0 bridgehead atoms. The fraction of sp³-hybridized carbons (Fsp3) is 0.0526. The van der Waals surface area contributed by atoms with Crippen molar-refractivity contribution in [2.24, 2.45) is 0 Å². The number of fused-ring (bicyclic) bond motifs is 14. The lowest BCUT2D eigenvalue weighted by Crippen LogP contribution is -2.32. The van der Waals surface area contributed by atoms with Crippen molar-refractivity contribution < 1.29 is 0 Å². The van der Waals surface area contributed by atoms with E-state index in [0.29, 0.717) is 0 Å². The molecule has 2 aromatic heterocycles. The molecule has 59 heavy (non-hydrogen) atoms. The van der Waals surface area contributed by atoms with Crippen LogP contribution in [0.15, 0.2) is 188 Å². The second kappa shape index (κ2) is 11.2. The lowest BCUT2D eigenvalue weighted by atomic mass is 9.69. The van der Waals surface area contributed by atoms with E-state index in [1.807, 2.05) is 0 Å². The third-order valence-corrected chi connectivity index (χ3v) is 14.1. The van der Waals surface area contributed by atoms with Crippen molar-refractivity contribution in [3.63, 3.8) is 0 Å². The van der Waals surface area contributed by atoms with Gasteiger partial charge in [-0.1, -0.05) is 152 Å². The van der Waals surface area contributed by atoms with Gasteiger partial charge in [-0.3, -0.25) is 0 Å². The topological polar surface area (TPSA) is 7.65 Å². The van der Waals surface area contributed by atoms with E-state index in [2.05, 4.69) is 204 Å². The Labute approximate surface area is 342 Å². The first kappa shape index (κ1) is 31.6. The van der Waals surface area contributed by atoms with Gasteiger partial charge >= 0.3 is 0 Å². The standard InChI is InChI=1S/C57H36N2/c1-57-49-21-7-5-14-42(49)44-17-11-23-52(54(44)57)58(39-27-24-35(25-28-39)34-12-3-2-4-13-34)53-32-38-31-37-30-36(26-29-40(37)48(38)33-50(53)57)41-16-9-19-46-47-20-10-18-45-43-15-6-8-22-51(43)59(55(41)46)56(45)47/h2-30,32-33H,31H2,1H3. The molecule has 3 heterocycles. The minimum atomic E-state index is -0.291. The third kappa shape index (κ3) is 3.96. The maximum absolute atomic E-state index is 2.56. The zero-order chi connectivity index (χ0) is 38.6. The summed E-state index contributed by atoms with van der Waals surface area (Å²) >= 11 is 0. The highest BCUT2D eigenvalue weighted by molar-refractivity contribution is 6.25. The van der Waals surface area contributed by atoms with E-state index in [9.17, 15) is 0 Å². The summed E-state index contributed by atoms with van der Waals surface area (Å²) in [6, 6.07) is 70.7. The molecule has 9 aromatic carbocycles. The maximum Gasteiger partial charge on any atom is 0.0620 e. The Morgan fingerprint density at radius 3 is 1.93 bits per heavy atom. The van der Waals surface area contributed by atoms with Crippen LogP contribution < -0.4 is 4.90 Å². The van der Waals surface area contributed by atoms with Gasteiger partial charge in [0.15, 0.2) is 0 Å². The van der Waals surface area contributed by atoms with E-state index in [1.165, 1.54) is 127 Å². The molecule has 1 unspecified atom stereocenters. The number of hydrogen-bond acceptors (Lipinski definition) is 1. The lowest BCUT2D eigenvalue weighted by molar-refractivity contribution is 0.702. The molecular formula is C57H36N2. The van der Waals surface area contributed by atoms with Crippen molar-refractivity contribution in [3.8, 4) is 44.5 Å². The van der Waals surface area contributed by atoms with E-state index in [-0.39, 0.29) is 5.41 Å². The molecule has 0 amide bonds. The highest BCUT2D eigenvalue weighted by Crippen LogP contribution is 2.63. The molecular weight excluding hydrogens is 713 g/mol. The molecule has 3 aliphatic rings. The third-order valence-electron chi connectivity index (χ3n) is 14.1. The Bertz CT molecular complexity index is 3590. The molecule has 2 nitrogen and oxygen atoms in total. The molecule has 0 saturated heterocycles. The van der Waals surface area contributed by atoms with Gasteiger partial charge in [-0.25, -0.2) is 0 Å². The van der Waals surface area contributed by atoms with Gasteiger partial charge in [-0.15, -0.1) is 0 Å². The molecule has 14 rings (SSSR count). The minimum Gasteiger partial charge on any atom is -0.310 e. The number of anilines is 3. The van der Waals surface area contributed by atoms with Gasteiger partial charge in [-0.05, 0) is 117 Å². The Morgan fingerprint density at radius 2 is 1.05 bits per heavy atom. The minimum absolute atomic E-state index is 0.291. The summed E-state index contributed by atoms with van der Waals surface area (Å²) in [5, 5.41) is 5.26. The molecule has 0 radical (unpaired) electrons. The van der Waals surface area contributed by atoms with Crippen molar-refractivity contribution >= 4 is 55.2 Å². The number of hydrogen-bond donors (Lipinski definition) is 0.